The fourth-order valence-corrected chi connectivity index (χ4v) is 4.23. The zero-order valence-corrected chi connectivity index (χ0v) is 17.7. The van der Waals surface area contributed by atoms with Crippen LogP contribution in [-0.4, -0.2) is 45.2 Å². The highest BCUT2D eigenvalue weighted by Gasteiger charge is 2.29. The largest absolute Gasteiger partial charge is 0.338 e. The van der Waals surface area contributed by atoms with E-state index >= 15 is 0 Å². The minimum Gasteiger partial charge on any atom is -0.338 e. The SMILES string of the molecule is Cc1nn(C)c2nc(-c3cccs3)cc(C(=O)N3CCC(CN)C3)c12.Cl.Cl. The smallest absolute Gasteiger partial charge is 0.254 e. The third-order valence-corrected chi connectivity index (χ3v) is 5.77. The van der Waals surface area contributed by atoms with E-state index in [1.165, 1.54) is 0 Å². The van der Waals surface area contributed by atoms with Crippen molar-refractivity contribution in [3.8, 4) is 10.6 Å². The highest BCUT2D eigenvalue weighted by molar-refractivity contribution is 7.13. The Kier molecular flexibility index (Phi) is 6.86. The number of halogens is 2. The Balaban J connectivity index is 0.00000131. The maximum Gasteiger partial charge on any atom is 0.254 e. The van der Waals surface area contributed by atoms with Gasteiger partial charge in [-0.1, -0.05) is 6.07 Å². The van der Waals surface area contributed by atoms with Gasteiger partial charge in [0, 0.05) is 20.1 Å². The van der Waals surface area contributed by atoms with Gasteiger partial charge in [0.15, 0.2) is 5.65 Å². The average Bonchev–Trinajstić information content (AvgIpc) is 3.34. The van der Waals surface area contributed by atoms with E-state index in [1.54, 1.807) is 16.0 Å². The van der Waals surface area contributed by atoms with Crippen molar-refractivity contribution in [3.05, 3.63) is 34.8 Å². The third kappa shape index (κ3) is 3.82. The molecule has 0 aromatic carbocycles. The number of fused-ring (bicyclic) bond motifs is 1. The van der Waals surface area contributed by atoms with E-state index in [-0.39, 0.29) is 30.7 Å². The summed E-state index contributed by atoms with van der Waals surface area (Å²) >= 11 is 1.62. The van der Waals surface area contributed by atoms with Crippen molar-refractivity contribution in [1.82, 2.24) is 19.7 Å². The van der Waals surface area contributed by atoms with Gasteiger partial charge in [-0.2, -0.15) is 5.10 Å². The number of carbonyl (C=O) groups is 1. The van der Waals surface area contributed by atoms with Crippen molar-refractivity contribution >= 4 is 53.1 Å². The number of likely N-dealkylation sites (tertiary alicyclic amines) is 1. The van der Waals surface area contributed by atoms with E-state index in [9.17, 15) is 4.79 Å². The predicted octanol–water partition coefficient (Wildman–Crippen LogP) is 3.27. The van der Waals surface area contributed by atoms with Crippen molar-refractivity contribution in [2.45, 2.75) is 13.3 Å². The second-order valence-electron chi connectivity index (χ2n) is 6.58. The van der Waals surface area contributed by atoms with Crippen LogP contribution in [0.5, 0.6) is 0 Å². The minimum absolute atomic E-state index is 0. The second-order valence-corrected chi connectivity index (χ2v) is 7.53. The monoisotopic (exact) mass is 427 g/mol. The number of nitrogens with zero attached hydrogens (tertiary/aromatic N) is 4. The van der Waals surface area contributed by atoms with Crippen molar-refractivity contribution in [2.75, 3.05) is 19.6 Å². The molecule has 1 saturated heterocycles. The quantitative estimate of drug-likeness (QED) is 0.695. The standard InChI is InChI=1S/C18H21N5OS.2ClH/c1-11-16-13(18(24)23-6-5-12(9-19)10-23)8-14(15-4-3-7-25-15)20-17(16)22(2)21-11;;/h3-4,7-8,12H,5-6,9-10,19H2,1-2H3;2*1H. The highest BCUT2D eigenvalue weighted by atomic mass is 35.5. The molecule has 0 bridgehead atoms. The van der Waals surface area contributed by atoms with Gasteiger partial charge >= 0.3 is 0 Å². The summed E-state index contributed by atoms with van der Waals surface area (Å²) in [6.07, 6.45) is 0.972. The summed E-state index contributed by atoms with van der Waals surface area (Å²) < 4.78 is 1.76. The van der Waals surface area contributed by atoms with Gasteiger partial charge in [-0.05, 0) is 43.3 Å². The number of aryl methyl sites for hydroxylation is 2. The third-order valence-electron chi connectivity index (χ3n) is 4.88. The Morgan fingerprint density at radius 2 is 2.19 bits per heavy atom. The van der Waals surface area contributed by atoms with Crippen LogP contribution in [0.4, 0.5) is 0 Å². The summed E-state index contributed by atoms with van der Waals surface area (Å²) in [5, 5.41) is 7.35. The molecule has 146 valence electrons. The zero-order chi connectivity index (χ0) is 17.6. The molecule has 0 radical (unpaired) electrons. The topological polar surface area (TPSA) is 77.0 Å². The maximum absolute atomic E-state index is 13.2. The molecule has 9 heteroatoms. The first-order chi connectivity index (χ1) is 12.1. The van der Waals surface area contributed by atoms with Crippen LogP contribution in [0.15, 0.2) is 23.6 Å². The number of nitrogens with two attached hydrogens (primary N) is 1. The molecule has 0 saturated carbocycles. The number of pyridine rings is 1. The van der Waals surface area contributed by atoms with E-state index in [2.05, 4.69) is 5.10 Å². The number of hydrogen-bond donors (Lipinski definition) is 1. The number of amides is 1. The van der Waals surface area contributed by atoms with Crippen LogP contribution >= 0.6 is 36.2 Å². The van der Waals surface area contributed by atoms with Crippen molar-refractivity contribution in [2.24, 2.45) is 18.7 Å². The molecule has 6 nitrogen and oxygen atoms in total. The van der Waals surface area contributed by atoms with Crippen LogP contribution in [0.2, 0.25) is 0 Å². The van der Waals surface area contributed by atoms with Gasteiger partial charge < -0.3 is 10.6 Å². The normalized spacial score (nSPS) is 16.3. The van der Waals surface area contributed by atoms with Crippen molar-refractivity contribution in [1.29, 1.82) is 0 Å². The molecular formula is C18H23Cl2N5OS. The fourth-order valence-electron chi connectivity index (χ4n) is 3.54. The molecule has 0 spiro atoms. The number of hydrogen-bond acceptors (Lipinski definition) is 5. The maximum atomic E-state index is 13.2. The Morgan fingerprint density at radius 1 is 1.41 bits per heavy atom. The second kappa shape index (κ2) is 8.56. The summed E-state index contributed by atoms with van der Waals surface area (Å²) in [6, 6.07) is 5.94. The molecule has 1 aliphatic heterocycles. The number of rotatable bonds is 3. The van der Waals surface area contributed by atoms with Gasteiger partial charge in [0.2, 0.25) is 0 Å². The van der Waals surface area contributed by atoms with Gasteiger partial charge in [0.25, 0.3) is 5.91 Å². The molecule has 4 heterocycles. The molecule has 1 unspecified atom stereocenters. The zero-order valence-electron chi connectivity index (χ0n) is 15.2. The van der Waals surface area contributed by atoms with Crippen LogP contribution in [0.25, 0.3) is 21.6 Å². The Labute approximate surface area is 174 Å². The number of thiophene rings is 1. The van der Waals surface area contributed by atoms with Gasteiger partial charge in [0.05, 0.1) is 27.2 Å². The average molecular weight is 428 g/mol. The summed E-state index contributed by atoms with van der Waals surface area (Å²) in [5.74, 6) is 0.449. The summed E-state index contributed by atoms with van der Waals surface area (Å²) in [4.78, 5) is 21.0. The highest BCUT2D eigenvalue weighted by Crippen LogP contribution is 2.30. The summed E-state index contributed by atoms with van der Waals surface area (Å²) in [6.45, 7) is 4.05. The molecule has 1 atom stereocenters. The van der Waals surface area contributed by atoms with E-state index < -0.39 is 0 Å². The fraction of sp³-hybridized carbons (Fsp3) is 0.389. The molecule has 4 rings (SSSR count). The molecule has 27 heavy (non-hydrogen) atoms. The van der Waals surface area contributed by atoms with Gasteiger partial charge in [-0.3, -0.25) is 9.48 Å². The number of aromatic nitrogens is 3. The molecule has 3 aromatic rings. The van der Waals surface area contributed by atoms with Crippen molar-refractivity contribution < 1.29 is 4.79 Å². The molecule has 2 N–H and O–H groups in total. The minimum atomic E-state index is 0. The van der Waals surface area contributed by atoms with Gasteiger partial charge in [-0.25, -0.2) is 4.98 Å². The van der Waals surface area contributed by atoms with E-state index in [1.807, 2.05) is 42.5 Å². The lowest BCUT2D eigenvalue weighted by Crippen LogP contribution is -2.30. The Bertz CT molecular complexity index is 941. The molecular weight excluding hydrogens is 405 g/mol. The lowest BCUT2D eigenvalue weighted by Gasteiger charge is -2.17. The van der Waals surface area contributed by atoms with Crippen LogP contribution in [0, 0.1) is 12.8 Å². The first-order valence-corrected chi connectivity index (χ1v) is 9.34. The van der Waals surface area contributed by atoms with Crippen molar-refractivity contribution in [3.63, 3.8) is 0 Å². The lowest BCUT2D eigenvalue weighted by molar-refractivity contribution is 0.0789. The van der Waals surface area contributed by atoms with Crippen LogP contribution in [-0.2, 0) is 7.05 Å². The predicted molar refractivity (Wildman–Crippen MR) is 114 cm³/mol. The van der Waals surface area contributed by atoms with Crippen LogP contribution in [0.3, 0.4) is 0 Å². The van der Waals surface area contributed by atoms with Crippen LogP contribution in [0.1, 0.15) is 22.5 Å². The molecule has 1 amide bonds. The first-order valence-electron chi connectivity index (χ1n) is 8.46. The Morgan fingerprint density at radius 3 is 2.81 bits per heavy atom. The summed E-state index contributed by atoms with van der Waals surface area (Å²) in [5.41, 5.74) is 8.88. The van der Waals surface area contributed by atoms with E-state index in [4.69, 9.17) is 10.7 Å². The van der Waals surface area contributed by atoms with Crippen LogP contribution < -0.4 is 5.73 Å². The molecule has 3 aromatic heterocycles. The van der Waals surface area contributed by atoms with E-state index in [0.29, 0.717) is 18.0 Å². The number of carbonyl (C=O) groups excluding carboxylic acids is 1. The lowest BCUT2D eigenvalue weighted by atomic mass is 10.1. The summed E-state index contributed by atoms with van der Waals surface area (Å²) in [7, 11) is 1.87. The van der Waals surface area contributed by atoms with E-state index in [0.717, 1.165) is 46.8 Å². The van der Waals surface area contributed by atoms with Gasteiger partial charge in [-0.15, -0.1) is 36.2 Å². The molecule has 1 fully saturated rings. The molecule has 1 aliphatic rings. The first kappa shape index (κ1) is 21.6. The van der Waals surface area contributed by atoms with Gasteiger partial charge in [0.1, 0.15) is 0 Å². The Hall–Kier alpha value is -1.67. The molecule has 0 aliphatic carbocycles.